The summed E-state index contributed by atoms with van der Waals surface area (Å²) in [6.45, 7) is 15.0. The first-order valence-electron chi connectivity index (χ1n) is 19.8. The number of likely N-dealkylation sites (tertiary alicyclic amines) is 1. The number of amides is 2. The third-order valence-corrected chi connectivity index (χ3v) is 13.9. The smallest absolute Gasteiger partial charge is 0.311 e. The summed E-state index contributed by atoms with van der Waals surface area (Å²) >= 11 is 1.22. The molecule has 14 heteroatoms. The van der Waals surface area contributed by atoms with Gasteiger partial charge in [0.2, 0.25) is 5.91 Å². The number of benzene rings is 1. The van der Waals surface area contributed by atoms with Gasteiger partial charge in [-0.25, -0.2) is 4.98 Å². The van der Waals surface area contributed by atoms with E-state index in [9.17, 15) is 24.3 Å². The summed E-state index contributed by atoms with van der Waals surface area (Å²) in [7, 11) is 3.96. The Morgan fingerprint density at radius 1 is 1.22 bits per heavy atom. The van der Waals surface area contributed by atoms with Crippen molar-refractivity contribution in [3.05, 3.63) is 45.4 Å². The first-order valence-corrected chi connectivity index (χ1v) is 20.7. The number of carboxylic acids is 1. The van der Waals surface area contributed by atoms with Gasteiger partial charge in [-0.05, 0) is 86.2 Å². The molecule has 2 aliphatic heterocycles. The summed E-state index contributed by atoms with van der Waals surface area (Å²) in [5, 5.41) is 18.9. The number of epoxide rings is 1. The predicted molar refractivity (Wildman–Crippen MR) is 211 cm³/mol. The Morgan fingerprint density at radius 2 is 1.95 bits per heavy atom. The number of carbonyl (C=O) groups excluding carboxylic acids is 3. The second kappa shape index (κ2) is 15.7. The molecule has 55 heavy (non-hydrogen) atoms. The first-order chi connectivity index (χ1) is 25.8. The third-order valence-electron chi connectivity index (χ3n) is 12.9. The molecule has 2 aliphatic carbocycles. The van der Waals surface area contributed by atoms with Crippen molar-refractivity contribution in [3.63, 3.8) is 0 Å². The number of nitrogens with one attached hydrogen (secondary N) is 2. The summed E-state index contributed by atoms with van der Waals surface area (Å²) < 4.78 is 12.1. The Labute approximate surface area is 329 Å². The molecule has 3 fully saturated rings. The molecule has 2 aromatic rings. The molecule has 1 aromatic heterocycles. The molecular formula is C41H60N6O7S. The van der Waals surface area contributed by atoms with E-state index in [1.165, 1.54) is 24.7 Å². The van der Waals surface area contributed by atoms with E-state index in [2.05, 4.69) is 55.3 Å². The average Bonchev–Trinajstić information content (AvgIpc) is 4.00. The molecule has 1 saturated carbocycles. The van der Waals surface area contributed by atoms with E-state index < -0.39 is 41.4 Å². The van der Waals surface area contributed by atoms with Gasteiger partial charge in [0.15, 0.2) is 6.10 Å². The van der Waals surface area contributed by atoms with Gasteiger partial charge >= 0.3 is 11.9 Å². The van der Waals surface area contributed by atoms with Crippen molar-refractivity contribution in [3.8, 4) is 0 Å². The number of carbonyl (C=O) groups is 4. The highest BCUT2D eigenvalue weighted by Crippen LogP contribution is 2.61. The van der Waals surface area contributed by atoms with Gasteiger partial charge in [-0.2, -0.15) is 0 Å². The number of ether oxygens (including phenoxy) is 2. The molecule has 302 valence electrons. The zero-order chi connectivity index (χ0) is 40.1. The standard InChI is InChI=1S/C41H60N6O7S/c1-10-40(6,7)34(44-36-33(54-36)31-15-22(4)13-14-46(31)8)38(50)47(9)30(21(2)3)17-32(53-23(5)48)37-43-29(20-55-37)35(49)45-41-18-27(39(51)52)26-16-24(42)11-12-25(26)28(41)19-41/h11-12,16,20-22,27-28,30-34,36,44H,10,13-15,17-19,42H2,1-9H3,(H,45,49)(H,51,52)/t22-,27-,28+,30-,31-,32-,33?,34-,36?,41?/m1/s1. The van der Waals surface area contributed by atoms with Crippen LogP contribution in [0, 0.1) is 17.3 Å². The summed E-state index contributed by atoms with van der Waals surface area (Å²) in [6.07, 6.45) is 3.21. The largest absolute Gasteiger partial charge is 0.481 e. The summed E-state index contributed by atoms with van der Waals surface area (Å²) in [5.74, 6) is -2.08. The van der Waals surface area contributed by atoms with Crippen LogP contribution in [-0.2, 0) is 23.9 Å². The van der Waals surface area contributed by atoms with Crippen LogP contribution in [0.3, 0.4) is 0 Å². The lowest BCUT2D eigenvalue weighted by atomic mass is 9.80. The zero-order valence-electron chi connectivity index (χ0n) is 33.8. The van der Waals surface area contributed by atoms with Crippen molar-refractivity contribution in [2.75, 3.05) is 26.4 Å². The highest BCUT2D eigenvalue weighted by Gasteiger charge is 2.61. The second-order valence-electron chi connectivity index (χ2n) is 17.7. The number of nitrogens with two attached hydrogens (primary N) is 1. The Balaban J connectivity index is 1.16. The molecule has 4 aliphatic rings. The van der Waals surface area contributed by atoms with Crippen LogP contribution in [0.15, 0.2) is 23.6 Å². The Bertz CT molecular complexity index is 1780. The number of esters is 1. The number of aliphatic carboxylic acids is 1. The fraction of sp³-hybridized carbons (Fsp3) is 0.683. The van der Waals surface area contributed by atoms with E-state index in [0.29, 0.717) is 34.6 Å². The van der Waals surface area contributed by atoms with Gasteiger partial charge in [0, 0.05) is 55.0 Å². The van der Waals surface area contributed by atoms with Crippen LogP contribution in [0.5, 0.6) is 0 Å². The fourth-order valence-electron chi connectivity index (χ4n) is 8.96. The second-order valence-corrected chi connectivity index (χ2v) is 18.5. The molecule has 0 radical (unpaired) electrons. The lowest BCUT2D eigenvalue weighted by molar-refractivity contribution is -0.149. The average molecular weight is 781 g/mol. The Morgan fingerprint density at radius 3 is 2.60 bits per heavy atom. The number of aromatic nitrogens is 1. The minimum atomic E-state index is -0.957. The van der Waals surface area contributed by atoms with Gasteiger partial charge in [0.25, 0.3) is 5.91 Å². The highest BCUT2D eigenvalue weighted by molar-refractivity contribution is 7.09. The van der Waals surface area contributed by atoms with E-state index in [1.54, 1.807) is 22.4 Å². The van der Waals surface area contributed by atoms with Crippen molar-refractivity contribution in [1.29, 1.82) is 0 Å². The molecule has 0 bridgehead atoms. The topological polar surface area (TPSA) is 180 Å². The predicted octanol–water partition coefficient (Wildman–Crippen LogP) is 5.28. The zero-order valence-corrected chi connectivity index (χ0v) is 34.6. The van der Waals surface area contributed by atoms with Crippen LogP contribution >= 0.6 is 11.3 Å². The number of anilines is 1. The number of rotatable bonds is 15. The van der Waals surface area contributed by atoms with E-state index in [1.807, 2.05) is 27.0 Å². The van der Waals surface area contributed by atoms with Gasteiger partial charge < -0.3 is 35.4 Å². The summed E-state index contributed by atoms with van der Waals surface area (Å²) in [5.41, 5.74) is 7.20. The monoisotopic (exact) mass is 780 g/mol. The number of hydrogen-bond donors (Lipinski definition) is 4. The van der Waals surface area contributed by atoms with Crippen LogP contribution in [0.25, 0.3) is 0 Å². The van der Waals surface area contributed by atoms with Crippen LogP contribution in [-0.4, -0.2) is 100 Å². The van der Waals surface area contributed by atoms with Crippen LogP contribution in [0.2, 0.25) is 0 Å². The highest BCUT2D eigenvalue weighted by atomic mass is 32.1. The van der Waals surface area contributed by atoms with Gasteiger partial charge in [-0.3, -0.25) is 24.5 Å². The molecular weight excluding hydrogens is 721 g/mol. The number of nitrogens with zero attached hydrogens (tertiary/aromatic N) is 3. The van der Waals surface area contributed by atoms with Gasteiger partial charge in [0.1, 0.15) is 23.0 Å². The maximum absolute atomic E-state index is 14.6. The number of nitrogen functional groups attached to an aromatic ring is 1. The number of piperidine rings is 1. The number of thiazole rings is 1. The maximum Gasteiger partial charge on any atom is 0.311 e. The number of fused-ring (bicyclic) bond motifs is 3. The summed E-state index contributed by atoms with van der Waals surface area (Å²) in [4.78, 5) is 61.8. The van der Waals surface area contributed by atoms with E-state index in [4.69, 9.17) is 15.2 Å². The summed E-state index contributed by atoms with van der Waals surface area (Å²) in [6, 6.07) is 4.83. The minimum Gasteiger partial charge on any atom is -0.481 e. The number of hydrogen-bond acceptors (Lipinski definition) is 11. The number of carboxylic acid groups (broad SMARTS) is 1. The number of likely N-dealkylation sites (N-methyl/N-ethyl adjacent to an activating group) is 2. The van der Waals surface area contributed by atoms with Gasteiger partial charge in [-0.15, -0.1) is 11.3 Å². The van der Waals surface area contributed by atoms with Crippen molar-refractivity contribution < 1.29 is 33.8 Å². The molecule has 5 N–H and O–H groups in total. The Hall–Kier alpha value is -3.59. The molecule has 10 atom stereocenters. The molecule has 13 nitrogen and oxygen atoms in total. The van der Waals surface area contributed by atoms with Crippen molar-refractivity contribution in [2.45, 2.75) is 141 Å². The van der Waals surface area contributed by atoms with E-state index in [0.717, 1.165) is 24.9 Å². The minimum absolute atomic E-state index is 0.0000351. The molecule has 3 heterocycles. The SMILES string of the molecule is CCC(C)(C)[C@H](NC1OC1[C@H]1C[C@H](C)CCN1C)C(=O)N(C)[C@H](C[C@@H](OC(C)=O)c1nc(C(=O)NC23C[C@@H](C(=O)O)c4cc(N)ccc4[C@@H]2C3)cs1)C(C)C. The normalized spacial score (nSPS) is 29.0. The fourth-order valence-corrected chi connectivity index (χ4v) is 9.80. The first kappa shape index (κ1) is 41.1. The van der Waals surface area contributed by atoms with Crippen molar-refractivity contribution >= 4 is 40.8 Å². The Kier molecular flexibility index (Phi) is 11.8. The van der Waals surface area contributed by atoms with Crippen molar-refractivity contribution in [2.24, 2.45) is 17.3 Å². The molecule has 3 unspecified atom stereocenters. The van der Waals surface area contributed by atoms with Crippen LogP contribution < -0.4 is 16.4 Å². The maximum atomic E-state index is 14.6. The lowest BCUT2D eigenvalue weighted by Gasteiger charge is -2.40. The van der Waals surface area contributed by atoms with Crippen LogP contribution in [0.4, 0.5) is 5.69 Å². The quantitative estimate of drug-likeness (QED) is 0.105. The molecule has 1 aromatic carbocycles. The molecule has 2 amide bonds. The van der Waals surface area contributed by atoms with Gasteiger partial charge in [-0.1, -0.05) is 47.6 Å². The molecule has 0 spiro atoms. The van der Waals surface area contributed by atoms with Gasteiger partial charge in [0.05, 0.1) is 12.0 Å². The lowest BCUT2D eigenvalue weighted by Crippen LogP contribution is -2.57. The van der Waals surface area contributed by atoms with Crippen LogP contribution in [0.1, 0.15) is 132 Å². The molecule has 2 saturated heterocycles. The molecule has 6 rings (SSSR count). The van der Waals surface area contributed by atoms with E-state index >= 15 is 0 Å². The van der Waals surface area contributed by atoms with E-state index in [-0.39, 0.29) is 60.1 Å². The third kappa shape index (κ3) is 8.57. The van der Waals surface area contributed by atoms with Crippen molar-refractivity contribution in [1.82, 2.24) is 25.4 Å².